The molecule has 0 aliphatic heterocycles. The van der Waals surface area contributed by atoms with Crippen LogP contribution in [0.25, 0.3) is 5.82 Å². The van der Waals surface area contributed by atoms with Crippen LogP contribution >= 0.6 is 11.8 Å². The van der Waals surface area contributed by atoms with Gasteiger partial charge in [0.15, 0.2) is 5.82 Å². The van der Waals surface area contributed by atoms with Gasteiger partial charge in [-0.3, -0.25) is 9.55 Å². The lowest BCUT2D eigenvalue weighted by molar-refractivity contribution is 0.860. The highest BCUT2D eigenvalue weighted by Crippen LogP contribution is 2.19. The molecular formula is C13H11N5S. The number of hydrogen-bond donors (Lipinski definition) is 0. The van der Waals surface area contributed by atoms with Crippen molar-refractivity contribution in [1.29, 1.82) is 0 Å². The lowest BCUT2D eigenvalue weighted by Gasteiger charge is -2.02. The lowest BCUT2D eigenvalue weighted by Crippen LogP contribution is -1.97. The Bertz CT molecular complexity index is 622. The molecule has 0 saturated heterocycles. The van der Waals surface area contributed by atoms with Crippen LogP contribution in [0.2, 0.25) is 0 Å². The van der Waals surface area contributed by atoms with Crippen LogP contribution < -0.4 is 0 Å². The van der Waals surface area contributed by atoms with E-state index < -0.39 is 0 Å². The first-order valence-electron chi connectivity index (χ1n) is 5.76. The van der Waals surface area contributed by atoms with Crippen LogP contribution in [-0.4, -0.2) is 24.7 Å². The van der Waals surface area contributed by atoms with Crippen LogP contribution in [0, 0.1) is 0 Å². The fourth-order valence-electron chi connectivity index (χ4n) is 1.55. The Balaban J connectivity index is 1.67. The summed E-state index contributed by atoms with van der Waals surface area (Å²) in [6.45, 7) is 0. The van der Waals surface area contributed by atoms with Gasteiger partial charge in [-0.25, -0.2) is 4.98 Å². The second-order valence-electron chi connectivity index (χ2n) is 3.81. The molecule has 0 atom stereocenters. The summed E-state index contributed by atoms with van der Waals surface area (Å²) in [5.41, 5.74) is 1.04. The summed E-state index contributed by atoms with van der Waals surface area (Å²) in [6.07, 6.45) is 7.05. The van der Waals surface area contributed by atoms with Gasteiger partial charge in [-0.05, 0) is 24.3 Å². The van der Waals surface area contributed by atoms with Gasteiger partial charge in [0, 0.05) is 24.3 Å². The van der Waals surface area contributed by atoms with Crippen LogP contribution in [0.1, 0.15) is 5.69 Å². The number of aromatic nitrogens is 5. The molecule has 0 radical (unpaired) electrons. The maximum atomic E-state index is 4.27. The van der Waals surface area contributed by atoms with E-state index in [2.05, 4.69) is 20.2 Å². The third-order valence-electron chi connectivity index (χ3n) is 2.49. The molecule has 0 N–H and O–H groups in total. The minimum atomic E-state index is 0.764. The largest absolute Gasteiger partial charge is 0.289 e. The Morgan fingerprint density at radius 2 is 2.05 bits per heavy atom. The van der Waals surface area contributed by atoms with E-state index in [1.165, 1.54) is 0 Å². The highest BCUT2D eigenvalue weighted by Gasteiger charge is 2.01. The van der Waals surface area contributed by atoms with Crippen molar-refractivity contribution < 1.29 is 0 Å². The quantitative estimate of drug-likeness (QED) is 0.680. The predicted molar refractivity (Wildman–Crippen MR) is 73.0 cm³/mol. The highest BCUT2D eigenvalue weighted by molar-refractivity contribution is 7.98. The monoisotopic (exact) mass is 269 g/mol. The summed E-state index contributed by atoms with van der Waals surface area (Å²) in [7, 11) is 0. The van der Waals surface area contributed by atoms with Gasteiger partial charge in [-0.15, -0.1) is 10.2 Å². The molecule has 0 saturated carbocycles. The van der Waals surface area contributed by atoms with Gasteiger partial charge in [0.1, 0.15) is 11.4 Å². The maximum Gasteiger partial charge on any atom is 0.160 e. The molecule has 0 fully saturated rings. The van der Waals surface area contributed by atoms with E-state index in [0.29, 0.717) is 0 Å². The highest BCUT2D eigenvalue weighted by atomic mass is 32.2. The van der Waals surface area contributed by atoms with Crippen molar-refractivity contribution in [2.75, 3.05) is 0 Å². The topological polar surface area (TPSA) is 56.5 Å². The molecule has 0 aromatic carbocycles. The molecule has 0 aliphatic carbocycles. The number of hydrogen-bond acceptors (Lipinski definition) is 5. The third-order valence-corrected chi connectivity index (χ3v) is 3.44. The van der Waals surface area contributed by atoms with E-state index in [4.69, 9.17) is 0 Å². The van der Waals surface area contributed by atoms with Crippen LogP contribution in [0.5, 0.6) is 0 Å². The number of imidazole rings is 1. The second kappa shape index (κ2) is 5.62. The minimum Gasteiger partial charge on any atom is -0.289 e. The van der Waals surface area contributed by atoms with Crippen LogP contribution in [0.15, 0.2) is 60.3 Å². The van der Waals surface area contributed by atoms with E-state index in [1.807, 2.05) is 41.1 Å². The normalized spacial score (nSPS) is 10.5. The van der Waals surface area contributed by atoms with Gasteiger partial charge < -0.3 is 0 Å². The molecular weight excluding hydrogens is 258 g/mol. The molecule has 0 spiro atoms. The van der Waals surface area contributed by atoms with E-state index in [9.17, 15) is 0 Å². The van der Waals surface area contributed by atoms with Gasteiger partial charge >= 0.3 is 0 Å². The number of pyridine rings is 1. The molecule has 3 rings (SSSR count). The third kappa shape index (κ3) is 2.97. The fourth-order valence-corrected chi connectivity index (χ4v) is 2.28. The van der Waals surface area contributed by atoms with Crippen molar-refractivity contribution in [3.63, 3.8) is 0 Å². The zero-order valence-electron chi connectivity index (χ0n) is 10.0. The van der Waals surface area contributed by atoms with Gasteiger partial charge in [0.2, 0.25) is 0 Å². The Morgan fingerprint density at radius 3 is 2.74 bits per heavy atom. The standard InChI is InChI=1S/C13H11N5S/c1-2-6-15-11(3-1)9-19-13-5-4-12(16-17-13)18-8-7-14-10-18/h1-8,10H,9H2. The molecule has 19 heavy (non-hydrogen) atoms. The smallest absolute Gasteiger partial charge is 0.160 e. The number of thioether (sulfide) groups is 1. The van der Waals surface area contributed by atoms with Crippen LogP contribution in [0.3, 0.4) is 0 Å². The predicted octanol–water partition coefficient (Wildman–Crippen LogP) is 2.35. The molecule has 94 valence electrons. The molecule has 6 heteroatoms. The number of rotatable bonds is 4. The van der Waals surface area contributed by atoms with Crippen molar-refractivity contribution in [3.8, 4) is 5.82 Å². The van der Waals surface area contributed by atoms with Crippen molar-refractivity contribution >= 4 is 11.8 Å². The Labute approximate surface area is 114 Å². The molecule has 3 heterocycles. The molecule has 0 unspecified atom stereocenters. The molecule has 0 amide bonds. The molecule has 5 nitrogen and oxygen atoms in total. The Kier molecular flexibility index (Phi) is 3.51. The SMILES string of the molecule is c1ccc(CSc2ccc(-n3ccnc3)nn2)nc1. The second-order valence-corrected chi connectivity index (χ2v) is 4.81. The summed E-state index contributed by atoms with van der Waals surface area (Å²) in [4.78, 5) is 8.25. The summed E-state index contributed by atoms with van der Waals surface area (Å²) >= 11 is 1.62. The van der Waals surface area contributed by atoms with Crippen molar-refractivity contribution in [1.82, 2.24) is 24.7 Å². The molecule has 0 aliphatic rings. The van der Waals surface area contributed by atoms with Crippen LogP contribution in [-0.2, 0) is 5.75 Å². The van der Waals surface area contributed by atoms with Gasteiger partial charge in [0.25, 0.3) is 0 Å². The molecule has 0 bridgehead atoms. The summed E-state index contributed by atoms with van der Waals surface area (Å²) < 4.78 is 1.82. The summed E-state index contributed by atoms with van der Waals surface area (Å²) in [5, 5.41) is 9.24. The first-order valence-corrected chi connectivity index (χ1v) is 6.75. The van der Waals surface area contributed by atoms with E-state index in [1.54, 1.807) is 30.5 Å². The average Bonchev–Trinajstić information content (AvgIpc) is 3.01. The van der Waals surface area contributed by atoms with E-state index >= 15 is 0 Å². The summed E-state index contributed by atoms with van der Waals surface area (Å²) in [6, 6.07) is 9.77. The first kappa shape index (κ1) is 11.9. The zero-order valence-corrected chi connectivity index (χ0v) is 10.9. The lowest BCUT2D eigenvalue weighted by atomic mass is 10.4. The van der Waals surface area contributed by atoms with Gasteiger partial charge in [0.05, 0.1) is 5.69 Å². The van der Waals surface area contributed by atoms with Gasteiger partial charge in [-0.1, -0.05) is 17.8 Å². The van der Waals surface area contributed by atoms with Gasteiger partial charge in [-0.2, -0.15) is 0 Å². The van der Waals surface area contributed by atoms with Crippen molar-refractivity contribution in [3.05, 3.63) is 60.9 Å². The molecule has 3 aromatic rings. The van der Waals surface area contributed by atoms with Crippen molar-refractivity contribution in [2.45, 2.75) is 10.8 Å². The first-order chi connectivity index (χ1) is 9.42. The number of nitrogens with zero attached hydrogens (tertiary/aromatic N) is 5. The van der Waals surface area contributed by atoms with E-state index in [-0.39, 0.29) is 0 Å². The van der Waals surface area contributed by atoms with Crippen LogP contribution in [0.4, 0.5) is 0 Å². The fraction of sp³-hybridized carbons (Fsp3) is 0.0769. The maximum absolute atomic E-state index is 4.27. The zero-order chi connectivity index (χ0) is 12.9. The Hall–Kier alpha value is -2.21. The minimum absolute atomic E-state index is 0.764. The van der Waals surface area contributed by atoms with Crippen molar-refractivity contribution in [2.24, 2.45) is 0 Å². The summed E-state index contributed by atoms with van der Waals surface area (Å²) in [5.74, 6) is 1.56. The Morgan fingerprint density at radius 1 is 1.05 bits per heavy atom. The van der Waals surface area contributed by atoms with E-state index in [0.717, 1.165) is 22.3 Å². The molecule has 3 aromatic heterocycles. The average molecular weight is 269 g/mol.